The molecule has 0 aromatic heterocycles. The third-order valence-electron chi connectivity index (χ3n) is 3.40. The maximum atomic E-state index is 11.7. The highest BCUT2D eigenvalue weighted by molar-refractivity contribution is 5.83. The molecule has 2 unspecified atom stereocenters. The Morgan fingerprint density at radius 2 is 2.18 bits per heavy atom. The van der Waals surface area contributed by atoms with Crippen molar-refractivity contribution in [3.63, 3.8) is 0 Å². The third kappa shape index (κ3) is 2.58. The number of carboxylic acid groups (broad SMARTS) is 1. The fourth-order valence-electron chi connectivity index (χ4n) is 2.37. The van der Waals surface area contributed by atoms with E-state index in [1.807, 2.05) is 0 Å². The molecule has 2 fully saturated rings. The molecular formula is C11H18N2O4. The molecule has 1 aliphatic carbocycles. The second-order valence-electron chi connectivity index (χ2n) is 4.56. The lowest BCUT2D eigenvalue weighted by Crippen LogP contribution is -2.59. The second-order valence-corrected chi connectivity index (χ2v) is 4.56. The first-order valence-electron chi connectivity index (χ1n) is 5.93. The number of hydrogen-bond donors (Lipinski definition) is 2. The fraction of sp³-hybridized carbons (Fsp3) is 0.818. The first-order valence-corrected chi connectivity index (χ1v) is 5.93. The number of carboxylic acids is 1. The molecule has 1 heterocycles. The van der Waals surface area contributed by atoms with E-state index in [9.17, 15) is 14.7 Å². The van der Waals surface area contributed by atoms with Gasteiger partial charge in [-0.05, 0) is 18.8 Å². The summed E-state index contributed by atoms with van der Waals surface area (Å²) in [6.45, 7) is 1.27. The number of nitrogens with zero attached hydrogens (tertiary/aromatic N) is 1. The van der Waals surface area contributed by atoms with Gasteiger partial charge in [-0.15, -0.1) is 0 Å². The molecule has 2 atom stereocenters. The summed E-state index contributed by atoms with van der Waals surface area (Å²) in [5.41, 5.74) is 0. The molecule has 2 N–H and O–H groups in total. The van der Waals surface area contributed by atoms with Gasteiger partial charge in [-0.2, -0.15) is 0 Å². The SMILES string of the molecule is CNC(=O)C1COCCN1C(C(=O)O)C1CC1. The summed E-state index contributed by atoms with van der Waals surface area (Å²) in [7, 11) is 1.56. The van der Waals surface area contributed by atoms with Gasteiger partial charge in [0.05, 0.1) is 13.2 Å². The summed E-state index contributed by atoms with van der Waals surface area (Å²) in [4.78, 5) is 24.8. The molecule has 0 spiro atoms. The van der Waals surface area contributed by atoms with E-state index in [4.69, 9.17) is 4.74 Å². The van der Waals surface area contributed by atoms with Crippen LogP contribution < -0.4 is 5.32 Å². The van der Waals surface area contributed by atoms with Crippen molar-refractivity contribution in [3.05, 3.63) is 0 Å². The van der Waals surface area contributed by atoms with E-state index < -0.39 is 18.1 Å². The van der Waals surface area contributed by atoms with E-state index in [0.717, 1.165) is 12.8 Å². The highest BCUT2D eigenvalue weighted by Crippen LogP contribution is 2.36. The van der Waals surface area contributed by atoms with Crippen molar-refractivity contribution in [2.45, 2.75) is 24.9 Å². The van der Waals surface area contributed by atoms with E-state index in [0.29, 0.717) is 13.2 Å². The number of rotatable bonds is 4. The topological polar surface area (TPSA) is 78.9 Å². The first-order chi connectivity index (χ1) is 8.15. The van der Waals surface area contributed by atoms with E-state index in [1.165, 1.54) is 0 Å². The molecule has 6 nitrogen and oxygen atoms in total. The zero-order valence-corrected chi connectivity index (χ0v) is 9.89. The van der Waals surface area contributed by atoms with Crippen LogP contribution in [0.1, 0.15) is 12.8 Å². The number of carbonyl (C=O) groups is 2. The fourth-order valence-corrected chi connectivity index (χ4v) is 2.37. The van der Waals surface area contributed by atoms with Gasteiger partial charge < -0.3 is 15.2 Å². The Morgan fingerprint density at radius 1 is 1.47 bits per heavy atom. The van der Waals surface area contributed by atoms with Crippen LogP contribution in [-0.4, -0.2) is 60.8 Å². The Kier molecular flexibility index (Phi) is 3.63. The van der Waals surface area contributed by atoms with Crippen molar-refractivity contribution >= 4 is 11.9 Å². The number of aliphatic carboxylic acids is 1. The Hall–Kier alpha value is -1.14. The lowest BCUT2D eigenvalue weighted by Gasteiger charge is -2.38. The van der Waals surface area contributed by atoms with Gasteiger partial charge in [0.15, 0.2) is 0 Å². The molecule has 0 radical (unpaired) electrons. The van der Waals surface area contributed by atoms with Gasteiger partial charge in [-0.1, -0.05) is 0 Å². The van der Waals surface area contributed by atoms with E-state index in [2.05, 4.69) is 5.32 Å². The standard InChI is InChI=1S/C11H18N2O4/c1-12-10(14)8-6-17-5-4-13(8)9(11(15)16)7-2-3-7/h7-9H,2-6H2,1H3,(H,12,14)(H,15,16). The van der Waals surface area contributed by atoms with E-state index >= 15 is 0 Å². The number of hydrogen-bond acceptors (Lipinski definition) is 4. The van der Waals surface area contributed by atoms with Crippen molar-refractivity contribution in [1.29, 1.82) is 0 Å². The predicted molar refractivity (Wildman–Crippen MR) is 59.5 cm³/mol. The molecule has 0 aromatic rings. The van der Waals surface area contributed by atoms with Crippen LogP contribution in [0.4, 0.5) is 0 Å². The Balaban J connectivity index is 2.13. The molecule has 1 saturated heterocycles. The van der Waals surface area contributed by atoms with Gasteiger partial charge in [0.2, 0.25) is 5.91 Å². The molecular weight excluding hydrogens is 224 g/mol. The smallest absolute Gasteiger partial charge is 0.321 e. The highest BCUT2D eigenvalue weighted by Gasteiger charge is 2.45. The van der Waals surface area contributed by atoms with Crippen molar-refractivity contribution < 1.29 is 19.4 Å². The molecule has 6 heteroatoms. The van der Waals surface area contributed by atoms with Crippen LogP contribution in [0, 0.1) is 5.92 Å². The Morgan fingerprint density at radius 3 is 2.71 bits per heavy atom. The average molecular weight is 242 g/mol. The van der Waals surface area contributed by atoms with Gasteiger partial charge in [0.25, 0.3) is 0 Å². The molecule has 0 aromatic carbocycles. The zero-order valence-electron chi connectivity index (χ0n) is 9.89. The summed E-state index contributed by atoms with van der Waals surface area (Å²) in [5.74, 6) is -0.808. The van der Waals surface area contributed by atoms with Crippen LogP contribution >= 0.6 is 0 Å². The summed E-state index contributed by atoms with van der Waals surface area (Å²) in [6, 6.07) is -1.02. The Labute approximate surface area is 99.9 Å². The maximum Gasteiger partial charge on any atom is 0.321 e. The molecule has 1 saturated carbocycles. The molecule has 2 rings (SSSR count). The number of carbonyl (C=O) groups excluding carboxylic acids is 1. The summed E-state index contributed by atoms with van der Waals surface area (Å²) >= 11 is 0. The molecule has 1 aliphatic heterocycles. The van der Waals surface area contributed by atoms with Crippen LogP contribution in [0.15, 0.2) is 0 Å². The van der Waals surface area contributed by atoms with Crippen LogP contribution in [0.2, 0.25) is 0 Å². The minimum Gasteiger partial charge on any atom is -0.480 e. The van der Waals surface area contributed by atoms with Crippen LogP contribution in [-0.2, 0) is 14.3 Å². The molecule has 0 bridgehead atoms. The minimum atomic E-state index is -0.830. The lowest BCUT2D eigenvalue weighted by atomic mass is 10.1. The van der Waals surface area contributed by atoms with Crippen LogP contribution in [0.25, 0.3) is 0 Å². The lowest BCUT2D eigenvalue weighted by molar-refractivity contribution is -0.151. The molecule has 2 aliphatic rings. The predicted octanol–water partition coefficient (Wildman–Crippen LogP) is -0.704. The molecule has 96 valence electrons. The molecule has 1 amide bonds. The number of nitrogens with one attached hydrogen (secondary N) is 1. The quantitative estimate of drug-likeness (QED) is 0.681. The largest absolute Gasteiger partial charge is 0.480 e. The van der Waals surface area contributed by atoms with Gasteiger partial charge in [-0.3, -0.25) is 14.5 Å². The maximum absolute atomic E-state index is 11.7. The van der Waals surface area contributed by atoms with Gasteiger partial charge in [-0.25, -0.2) is 0 Å². The number of likely N-dealkylation sites (N-methyl/N-ethyl adjacent to an activating group) is 1. The second kappa shape index (κ2) is 5.01. The summed E-state index contributed by atoms with van der Waals surface area (Å²) in [5, 5.41) is 11.9. The van der Waals surface area contributed by atoms with Crippen LogP contribution in [0.3, 0.4) is 0 Å². The monoisotopic (exact) mass is 242 g/mol. The summed E-state index contributed by atoms with van der Waals surface area (Å²) in [6.07, 6.45) is 1.88. The minimum absolute atomic E-state index is 0.170. The molecule has 17 heavy (non-hydrogen) atoms. The number of ether oxygens (including phenoxy) is 1. The van der Waals surface area contributed by atoms with E-state index in [-0.39, 0.29) is 18.4 Å². The average Bonchev–Trinajstić information content (AvgIpc) is 3.13. The van der Waals surface area contributed by atoms with E-state index in [1.54, 1.807) is 11.9 Å². The normalized spacial score (nSPS) is 27.5. The summed E-state index contributed by atoms with van der Waals surface area (Å²) < 4.78 is 5.27. The number of amides is 1. The third-order valence-corrected chi connectivity index (χ3v) is 3.40. The zero-order chi connectivity index (χ0) is 12.4. The number of morpholine rings is 1. The van der Waals surface area contributed by atoms with Crippen LogP contribution in [0.5, 0.6) is 0 Å². The Bertz CT molecular complexity index is 317. The van der Waals surface area contributed by atoms with Gasteiger partial charge in [0, 0.05) is 13.6 Å². The highest BCUT2D eigenvalue weighted by atomic mass is 16.5. The van der Waals surface area contributed by atoms with Crippen molar-refractivity contribution in [3.8, 4) is 0 Å². The van der Waals surface area contributed by atoms with Crippen molar-refractivity contribution in [2.24, 2.45) is 5.92 Å². The first kappa shape index (κ1) is 12.3. The van der Waals surface area contributed by atoms with Crippen molar-refractivity contribution in [1.82, 2.24) is 10.2 Å². The van der Waals surface area contributed by atoms with Crippen molar-refractivity contribution in [2.75, 3.05) is 26.8 Å². The van der Waals surface area contributed by atoms with Gasteiger partial charge in [0.1, 0.15) is 12.1 Å². The van der Waals surface area contributed by atoms with Gasteiger partial charge >= 0.3 is 5.97 Å².